The summed E-state index contributed by atoms with van der Waals surface area (Å²) in [7, 11) is 0. The van der Waals surface area contributed by atoms with E-state index in [-0.39, 0.29) is 43.7 Å². The average molecular weight is 440 g/mol. The van der Waals surface area contributed by atoms with Gasteiger partial charge in [-0.05, 0) is 36.1 Å². The molecular formula is C23H22F2N4O3. The van der Waals surface area contributed by atoms with Crippen LogP contribution in [0, 0.1) is 5.92 Å². The van der Waals surface area contributed by atoms with E-state index in [9.17, 15) is 18.4 Å². The number of alkyl halides is 2. The first-order chi connectivity index (χ1) is 15.4. The highest BCUT2D eigenvalue weighted by Crippen LogP contribution is 2.35. The van der Waals surface area contributed by atoms with Crippen molar-refractivity contribution in [2.24, 2.45) is 5.92 Å². The maximum atomic E-state index is 14.9. The second-order valence-corrected chi connectivity index (χ2v) is 8.11. The quantitative estimate of drug-likeness (QED) is 0.636. The van der Waals surface area contributed by atoms with Crippen LogP contribution < -0.4 is 5.32 Å². The Bertz CT molecular complexity index is 1170. The molecule has 2 aromatic heterocycles. The normalized spacial score (nSPS) is 16.9. The van der Waals surface area contributed by atoms with E-state index in [0.29, 0.717) is 17.0 Å². The average Bonchev–Trinajstić information content (AvgIpc) is 3.56. The molecule has 0 atom stereocenters. The van der Waals surface area contributed by atoms with Gasteiger partial charge in [0.05, 0.1) is 13.2 Å². The summed E-state index contributed by atoms with van der Waals surface area (Å²) in [6, 6.07) is 9.25. The number of hydrogen-bond donors (Lipinski definition) is 2. The maximum Gasteiger partial charge on any atom is 0.349 e. The molecule has 2 N–H and O–H groups in total. The van der Waals surface area contributed by atoms with E-state index in [4.69, 9.17) is 4.74 Å². The SMILES string of the molecule is O=C(Nc1cc(-c2ccc(C(F)(F)C(=O)N3CCOCC3)cc2)c2cc[nH]c2n1)C1CC1. The molecule has 1 aliphatic carbocycles. The number of amides is 2. The smallest absolute Gasteiger partial charge is 0.349 e. The van der Waals surface area contributed by atoms with Crippen LogP contribution in [-0.4, -0.2) is 53.0 Å². The molecule has 0 radical (unpaired) electrons. The molecule has 7 nitrogen and oxygen atoms in total. The number of anilines is 1. The first kappa shape index (κ1) is 20.6. The molecule has 2 aliphatic rings. The zero-order chi connectivity index (χ0) is 22.3. The number of morpholine rings is 1. The molecule has 32 heavy (non-hydrogen) atoms. The van der Waals surface area contributed by atoms with Crippen LogP contribution in [0.2, 0.25) is 0 Å². The Morgan fingerprint density at radius 3 is 2.53 bits per heavy atom. The van der Waals surface area contributed by atoms with Crippen molar-refractivity contribution in [3.8, 4) is 11.1 Å². The second kappa shape index (κ2) is 7.98. The molecule has 0 spiro atoms. The van der Waals surface area contributed by atoms with Crippen molar-refractivity contribution < 1.29 is 23.1 Å². The van der Waals surface area contributed by atoms with Gasteiger partial charge in [-0.2, -0.15) is 8.78 Å². The largest absolute Gasteiger partial charge is 0.378 e. The fourth-order valence-electron chi connectivity index (χ4n) is 3.86. The van der Waals surface area contributed by atoms with Gasteiger partial charge in [-0.25, -0.2) is 4.98 Å². The van der Waals surface area contributed by atoms with Crippen LogP contribution in [0.15, 0.2) is 42.6 Å². The van der Waals surface area contributed by atoms with E-state index in [1.165, 1.54) is 12.1 Å². The van der Waals surface area contributed by atoms with Crippen LogP contribution >= 0.6 is 0 Å². The molecule has 9 heteroatoms. The fourth-order valence-corrected chi connectivity index (χ4v) is 3.86. The van der Waals surface area contributed by atoms with Crippen LogP contribution in [0.5, 0.6) is 0 Å². The summed E-state index contributed by atoms with van der Waals surface area (Å²) in [6.07, 6.45) is 3.49. The summed E-state index contributed by atoms with van der Waals surface area (Å²) in [5.74, 6) is -4.46. The van der Waals surface area contributed by atoms with Gasteiger partial charge in [-0.15, -0.1) is 0 Å². The highest BCUT2D eigenvalue weighted by Gasteiger charge is 2.44. The van der Waals surface area contributed by atoms with Gasteiger partial charge >= 0.3 is 5.92 Å². The number of halogens is 2. The lowest BCUT2D eigenvalue weighted by molar-refractivity contribution is -0.163. The topological polar surface area (TPSA) is 87.3 Å². The molecule has 0 bridgehead atoms. The number of hydrogen-bond acceptors (Lipinski definition) is 4. The number of fused-ring (bicyclic) bond motifs is 1. The number of nitrogens with one attached hydrogen (secondary N) is 2. The number of nitrogens with zero attached hydrogens (tertiary/aromatic N) is 2. The number of aromatic nitrogens is 2. The van der Waals surface area contributed by atoms with Gasteiger partial charge in [0.15, 0.2) is 0 Å². The van der Waals surface area contributed by atoms with Crippen LogP contribution in [0.4, 0.5) is 14.6 Å². The van der Waals surface area contributed by atoms with E-state index >= 15 is 0 Å². The number of ether oxygens (including phenoxy) is 1. The first-order valence-electron chi connectivity index (χ1n) is 10.6. The number of H-pyrrole nitrogens is 1. The van der Waals surface area contributed by atoms with Crippen molar-refractivity contribution in [2.75, 3.05) is 31.6 Å². The van der Waals surface area contributed by atoms with Crippen LogP contribution in [-0.2, 0) is 20.2 Å². The summed E-state index contributed by atoms with van der Waals surface area (Å²) in [5.41, 5.74) is 1.65. The van der Waals surface area contributed by atoms with E-state index < -0.39 is 11.8 Å². The maximum absolute atomic E-state index is 14.9. The second-order valence-electron chi connectivity index (χ2n) is 8.11. The third-order valence-corrected chi connectivity index (χ3v) is 5.85. The Balaban J connectivity index is 1.43. The van der Waals surface area contributed by atoms with Gasteiger partial charge in [0.2, 0.25) is 5.91 Å². The number of aromatic amines is 1. The number of carbonyl (C=O) groups excluding carboxylic acids is 2. The Hall–Kier alpha value is -3.33. The predicted octanol–water partition coefficient (Wildman–Crippen LogP) is 3.53. The fraction of sp³-hybridized carbons (Fsp3) is 0.348. The van der Waals surface area contributed by atoms with E-state index in [1.807, 2.05) is 6.07 Å². The molecule has 5 rings (SSSR count). The van der Waals surface area contributed by atoms with Crippen molar-refractivity contribution in [1.82, 2.24) is 14.9 Å². The van der Waals surface area contributed by atoms with Gasteiger partial charge < -0.3 is 19.9 Å². The summed E-state index contributed by atoms with van der Waals surface area (Å²) in [6.45, 7) is 0.832. The highest BCUT2D eigenvalue weighted by molar-refractivity contribution is 5.99. The zero-order valence-corrected chi connectivity index (χ0v) is 17.2. The molecule has 2 fully saturated rings. The molecule has 2 amide bonds. The molecule has 1 aliphatic heterocycles. The van der Waals surface area contributed by atoms with Crippen molar-refractivity contribution >= 4 is 28.7 Å². The summed E-state index contributed by atoms with van der Waals surface area (Å²) in [4.78, 5) is 33.2. The van der Waals surface area contributed by atoms with Crippen LogP contribution in [0.1, 0.15) is 18.4 Å². The molecule has 1 saturated heterocycles. The Morgan fingerprint density at radius 1 is 1.12 bits per heavy atom. The van der Waals surface area contributed by atoms with E-state index in [1.54, 1.807) is 24.4 Å². The molecule has 0 unspecified atom stereocenters. The lowest BCUT2D eigenvalue weighted by Gasteiger charge is -2.30. The van der Waals surface area contributed by atoms with Gasteiger partial charge in [-0.3, -0.25) is 9.59 Å². The van der Waals surface area contributed by atoms with Gasteiger partial charge in [-0.1, -0.05) is 24.3 Å². The Labute approximate surface area is 182 Å². The minimum atomic E-state index is -3.62. The summed E-state index contributed by atoms with van der Waals surface area (Å²) in [5, 5.41) is 3.64. The molecular weight excluding hydrogens is 418 g/mol. The zero-order valence-electron chi connectivity index (χ0n) is 17.2. The lowest BCUT2D eigenvalue weighted by atomic mass is 9.99. The number of benzene rings is 1. The van der Waals surface area contributed by atoms with Crippen LogP contribution in [0.3, 0.4) is 0 Å². The van der Waals surface area contributed by atoms with Crippen molar-refractivity contribution in [1.29, 1.82) is 0 Å². The third-order valence-electron chi connectivity index (χ3n) is 5.85. The van der Waals surface area contributed by atoms with E-state index in [2.05, 4.69) is 15.3 Å². The minimum absolute atomic E-state index is 0.0325. The van der Waals surface area contributed by atoms with Crippen molar-refractivity contribution in [3.05, 3.63) is 48.2 Å². The monoisotopic (exact) mass is 440 g/mol. The lowest BCUT2D eigenvalue weighted by Crippen LogP contribution is -2.47. The third kappa shape index (κ3) is 3.84. The van der Waals surface area contributed by atoms with Gasteiger partial charge in [0.25, 0.3) is 5.91 Å². The molecule has 1 aromatic carbocycles. The molecule has 1 saturated carbocycles. The van der Waals surface area contributed by atoms with Gasteiger partial charge in [0.1, 0.15) is 11.5 Å². The standard InChI is InChI=1S/C23H22F2N4O3/c24-23(25,22(31)29-9-11-32-12-10-29)16-5-3-14(4-6-16)18-13-19(28-21(30)15-1-2-15)27-20-17(18)7-8-26-20/h3-8,13,15H,1-2,9-12H2,(H2,26,27,28,30). The van der Waals surface area contributed by atoms with Crippen molar-refractivity contribution in [2.45, 2.75) is 18.8 Å². The van der Waals surface area contributed by atoms with Crippen molar-refractivity contribution in [3.63, 3.8) is 0 Å². The predicted molar refractivity (Wildman–Crippen MR) is 114 cm³/mol. The minimum Gasteiger partial charge on any atom is -0.378 e. The molecule has 166 valence electrons. The number of carbonyl (C=O) groups is 2. The highest BCUT2D eigenvalue weighted by atomic mass is 19.3. The Morgan fingerprint density at radius 2 is 1.84 bits per heavy atom. The number of pyridine rings is 1. The van der Waals surface area contributed by atoms with E-state index in [0.717, 1.165) is 28.7 Å². The Kier molecular flexibility index (Phi) is 5.13. The van der Waals surface area contributed by atoms with Gasteiger partial charge in [0, 0.05) is 36.2 Å². The summed E-state index contributed by atoms with van der Waals surface area (Å²) < 4.78 is 34.9. The molecule has 3 heterocycles. The number of rotatable bonds is 5. The van der Waals surface area contributed by atoms with Crippen LogP contribution in [0.25, 0.3) is 22.2 Å². The molecule has 3 aromatic rings. The summed E-state index contributed by atoms with van der Waals surface area (Å²) >= 11 is 0. The first-order valence-corrected chi connectivity index (χ1v) is 10.6.